The molecular weight excluding hydrogens is 150 g/mol. The first kappa shape index (κ1) is 10.5. The zero-order valence-corrected chi connectivity index (χ0v) is 8.54. The van der Waals surface area contributed by atoms with Crippen molar-refractivity contribution in [2.24, 2.45) is 0 Å². The molecule has 0 aliphatic carbocycles. The quantitative estimate of drug-likeness (QED) is 0.532. The maximum absolute atomic E-state index is 2.24. The van der Waals surface area contributed by atoms with Gasteiger partial charge in [-0.05, 0) is 0 Å². The molecule has 33 valence electrons. The Morgan fingerprint density at radius 2 is 1.50 bits per heavy atom. The monoisotopic (exact) mass is 161 g/mol. The summed E-state index contributed by atoms with van der Waals surface area (Å²) in [6.07, 6.45) is 0. The van der Waals surface area contributed by atoms with Crippen LogP contribution in [0.2, 0.25) is 10.6 Å². The molecule has 0 aliphatic rings. The molecule has 0 aromatic carbocycles. The fraction of sp³-hybridized carbons (Fsp3) is 1.00. The summed E-state index contributed by atoms with van der Waals surface area (Å²) in [5.74, 6) is 0. The molecule has 0 atom stereocenters. The second-order valence-electron chi connectivity index (χ2n) is 0.781. The van der Waals surface area contributed by atoms with Crippen LogP contribution in [0.1, 0.15) is 13.8 Å². The van der Waals surface area contributed by atoms with Crippen molar-refractivity contribution in [3.63, 3.8) is 0 Å². The van der Waals surface area contributed by atoms with Gasteiger partial charge in [0.05, 0.1) is 0 Å². The van der Waals surface area contributed by atoms with Crippen LogP contribution < -0.4 is 0 Å². The van der Waals surface area contributed by atoms with Gasteiger partial charge in [-0.3, -0.25) is 0 Å². The summed E-state index contributed by atoms with van der Waals surface area (Å²) in [4.78, 5) is 0. The zero-order chi connectivity index (χ0) is 4.12. The molecule has 0 saturated carbocycles. The van der Waals surface area contributed by atoms with Crippen LogP contribution in [0.15, 0.2) is 0 Å². The molecule has 0 saturated heterocycles. The Bertz CT molecular complexity index is 15.0. The van der Waals surface area contributed by atoms with Crippen LogP contribution in [0.4, 0.5) is 0 Å². The Labute approximate surface area is 68.5 Å². The Morgan fingerprint density at radius 3 is 1.50 bits per heavy atom. The van der Waals surface area contributed by atoms with E-state index in [4.69, 9.17) is 0 Å². The van der Waals surface area contributed by atoms with Crippen molar-refractivity contribution < 1.29 is 0 Å². The Kier molecular flexibility index (Phi) is 17.0. The van der Waals surface area contributed by atoms with Gasteiger partial charge < -0.3 is 0 Å². The van der Waals surface area contributed by atoms with Gasteiger partial charge in [0.1, 0.15) is 0 Å². The molecule has 0 heterocycles. The van der Waals surface area contributed by atoms with Crippen LogP contribution in [0.25, 0.3) is 0 Å². The second kappa shape index (κ2) is 9.72. The van der Waals surface area contributed by atoms with Crippen LogP contribution in [0.5, 0.6) is 0 Å². The Balaban J connectivity index is 0. The van der Waals surface area contributed by atoms with E-state index in [0.717, 1.165) is 15.0 Å². The molecule has 6 heavy (non-hydrogen) atoms. The molecule has 0 amide bonds. The first-order valence-electron chi connectivity index (χ1n) is 1.99. The molecule has 0 rings (SSSR count). The smallest absolute Gasteiger partial charge is 0 e. The first-order valence-corrected chi connectivity index (χ1v) is 4.41. The van der Waals surface area contributed by atoms with E-state index in [1.165, 1.54) is 10.6 Å². The number of hydrogen-bond donors (Lipinski definition) is 0. The third-order valence-corrected chi connectivity index (χ3v) is 2.12. The fourth-order valence-corrected chi connectivity index (χ4v) is 1.06. The first-order chi connectivity index (χ1) is 2.41. The fourth-order valence-electron chi connectivity index (χ4n) is 0.204. The maximum Gasteiger partial charge on any atom is 0 e. The minimum Gasteiger partial charge on any atom is 0 e. The van der Waals surface area contributed by atoms with Gasteiger partial charge in [-0.15, -0.1) is 0 Å². The second-order valence-corrected chi connectivity index (χ2v) is 4.06. The summed E-state index contributed by atoms with van der Waals surface area (Å²) in [5.41, 5.74) is 0. The standard InChI is InChI=1S/C4H10Se.Na/c1-3-5-4-2;/h3-4H2,1-2H3;. The maximum atomic E-state index is 2.24. The Hall–Kier alpha value is 1.52. The van der Waals surface area contributed by atoms with Crippen molar-refractivity contribution in [2.45, 2.75) is 24.5 Å². The Morgan fingerprint density at radius 1 is 1.17 bits per heavy atom. The summed E-state index contributed by atoms with van der Waals surface area (Å²) in [6, 6.07) is 0. The average molecular weight is 160 g/mol. The molecule has 0 N–H and O–H groups in total. The summed E-state index contributed by atoms with van der Waals surface area (Å²) >= 11 is 0.958. The van der Waals surface area contributed by atoms with Crippen LogP contribution >= 0.6 is 0 Å². The SMILES string of the molecule is CC[Se]CC.[Na]. The third-order valence-electron chi connectivity index (χ3n) is 0.408. The zero-order valence-electron chi connectivity index (χ0n) is 4.82. The molecule has 0 aromatic heterocycles. The van der Waals surface area contributed by atoms with E-state index in [1.54, 1.807) is 0 Å². The summed E-state index contributed by atoms with van der Waals surface area (Å²) in [6.45, 7) is 4.48. The predicted molar refractivity (Wildman–Crippen MR) is 32.5 cm³/mol. The molecule has 0 bridgehead atoms. The van der Waals surface area contributed by atoms with Crippen molar-refractivity contribution in [2.75, 3.05) is 0 Å². The third kappa shape index (κ3) is 9.10. The van der Waals surface area contributed by atoms with E-state index in [0.29, 0.717) is 0 Å². The van der Waals surface area contributed by atoms with Gasteiger partial charge in [0.2, 0.25) is 0 Å². The van der Waals surface area contributed by atoms with Gasteiger partial charge in [0, 0.05) is 29.6 Å². The molecule has 1 radical (unpaired) electrons. The topological polar surface area (TPSA) is 0 Å². The van der Waals surface area contributed by atoms with Crippen molar-refractivity contribution in [1.82, 2.24) is 0 Å². The van der Waals surface area contributed by atoms with Gasteiger partial charge in [0.15, 0.2) is 0 Å². The summed E-state index contributed by atoms with van der Waals surface area (Å²) in [7, 11) is 0. The van der Waals surface area contributed by atoms with Crippen LogP contribution in [0.3, 0.4) is 0 Å². The van der Waals surface area contributed by atoms with E-state index in [1.807, 2.05) is 0 Å². The van der Waals surface area contributed by atoms with Crippen molar-refractivity contribution in [3.8, 4) is 0 Å². The van der Waals surface area contributed by atoms with Gasteiger partial charge in [-0.2, -0.15) is 0 Å². The summed E-state index contributed by atoms with van der Waals surface area (Å²) < 4.78 is 0. The largest absolute Gasteiger partial charge is 0 e. The van der Waals surface area contributed by atoms with Crippen molar-refractivity contribution >= 4 is 44.5 Å². The van der Waals surface area contributed by atoms with E-state index < -0.39 is 0 Å². The van der Waals surface area contributed by atoms with Gasteiger partial charge in [-0.1, -0.05) is 0 Å². The van der Waals surface area contributed by atoms with E-state index in [2.05, 4.69) is 13.8 Å². The van der Waals surface area contributed by atoms with Gasteiger partial charge >= 0.3 is 39.4 Å². The van der Waals surface area contributed by atoms with E-state index in [-0.39, 0.29) is 29.6 Å². The average Bonchev–Trinajstić information content (AvgIpc) is 1.41. The number of rotatable bonds is 2. The van der Waals surface area contributed by atoms with Gasteiger partial charge in [0.25, 0.3) is 0 Å². The normalized spacial score (nSPS) is 7.00. The molecule has 2 heteroatoms. The van der Waals surface area contributed by atoms with Crippen LogP contribution in [0, 0.1) is 0 Å². The van der Waals surface area contributed by atoms with E-state index >= 15 is 0 Å². The minimum absolute atomic E-state index is 0. The van der Waals surface area contributed by atoms with Gasteiger partial charge in [-0.25, -0.2) is 0 Å². The molecule has 0 unspecified atom stereocenters. The van der Waals surface area contributed by atoms with Crippen molar-refractivity contribution in [1.29, 1.82) is 0 Å². The molecule has 0 spiro atoms. The molecule has 0 aliphatic heterocycles. The van der Waals surface area contributed by atoms with E-state index in [9.17, 15) is 0 Å². The molecular formula is C4H10NaSe. The minimum atomic E-state index is 0. The molecule has 0 nitrogen and oxygen atoms in total. The van der Waals surface area contributed by atoms with Crippen LogP contribution in [-0.2, 0) is 0 Å². The predicted octanol–water partition coefficient (Wildman–Crippen LogP) is 1.19. The molecule has 0 fully saturated rings. The van der Waals surface area contributed by atoms with Crippen LogP contribution in [-0.4, -0.2) is 44.5 Å². The number of hydrogen-bond acceptors (Lipinski definition) is 0. The van der Waals surface area contributed by atoms with Crippen molar-refractivity contribution in [3.05, 3.63) is 0 Å². The summed E-state index contributed by atoms with van der Waals surface area (Å²) in [5, 5.41) is 2.81. The molecule has 0 aromatic rings.